The number of carbonyl (C=O) groups excluding carboxylic acids is 1. The third kappa shape index (κ3) is 3.85. The summed E-state index contributed by atoms with van der Waals surface area (Å²) in [6.45, 7) is 1.51. The van der Waals surface area contributed by atoms with Crippen LogP contribution in [0.15, 0.2) is 57.7 Å². The van der Waals surface area contributed by atoms with Crippen LogP contribution in [0.3, 0.4) is 0 Å². The quantitative estimate of drug-likeness (QED) is 0.414. The Labute approximate surface area is 142 Å². The largest absolute Gasteiger partial charge is 0.482 e. The Kier molecular flexibility index (Phi) is 4.48. The first kappa shape index (κ1) is 16.3. The van der Waals surface area contributed by atoms with Gasteiger partial charge in [0.2, 0.25) is 0 Å². The van der Waals surface area contributed by atoms with E-state index in [1.807, 2.05) is 13.0 Å². The van der Waals surface area contributed by atoms with E-state index in [2.05, 4.69) is 0 Å². The third-order valence-corrected chi connectivity index (χ3v) is 3.49. The summed E-state index contributed by atoms with van der Waals surface area (Å²) in [6.07, 6.45) is 0. The van der Waals surface area contributed by atoms with E-state index in [1.165, 1.54) is 18.2 Å². The average Bonchev–Trinajstić information content (AvgIpc) is 2.60. The van der Waals surface area contributed by atoms with Gasteiger partial charge in [0.25, 0.3) is 0 Å². The summed E-state index contributed by atoms with van der Waals surface area (Å²) in [5.41, 5.74) is 1.23. The van der Waals surface area contributed by atoms with Gasteiger partial charge in [0, 0.05) is 17.5 Å². The zero-order chi connectivity index (χ0) is 17.8. The smallest absolute Gasteiger partial charge is 0.349 e. The molecule has 0 saturated heterocycles. The molecule has 0 amide bonds. The molecule has 2 aromatic carbocycles. The molecule has 25 heavy (non-hydrogen) atoms. The molecular weight excluding hydrogens is 322 g/mol. The summed E-state index contributed by atoms with van der Waals surface area (Å²) in [4.78, 5) is 23.3. The van der Waals surface area contributed by atoms with Gasteiger partial charge in [0.05, 0.1) is 11.6 Å². The van der Waals surface area contributed by atoms with Crippen molar-refractivity contribution in [3.05, 3.63) is 70.1 Å². The summed E-state index contributed by atoms with van der Waals surface area (Å²) in [5, 5.41) is 9.52. The van der Waals surface area contributed by atoms with Crippen molar-refractivity contribution in [3.8, 4) is 17.6 Å². The Morgan fingerprint density at radius 2 is 1.84 bits per heavy atom. The topological polar surface area (TPSA) is 89.5 Å². The maximum absolute atomic E-state index is 11.8. The molecule has 0 radical (unpaired) electrons. The van der Waals surface area contributed by atoms with Gasteiger partial charge >= 0.3 is 11.6 Å². The minimum Gasteiger partial charge on any atom is -0.482 e. The van der Waals surface area contributed by atoms with E-state index in [0.717, 1.165) is 10.9 Å². The van der Waals surface area contributed by atoms with Crippen LogP contribution < -0.4 is 15.1 Å². The van der Waals surface area contributed by atoms with Crippen LogP contribution in [0, 0.1) is 18.3 Å². The molecule has 0 N–H and O–H groups in total. The molecule has 124 valence electrons. The number of aryl methyl sites for hydroxylation is 1. The molecule has 0 bridgehead atoms. The van der Waals surface area contributed by atoms with Crippen molar-refractivity contribution in [2.24, 2.45) is 0 Å². The van der Waals surface area contributed by atoms with Crippen LogP contribution in [0.4, 0.5) is 0 Å². The van der Waals surface area contributed by atoms with Crippen molar-refractivity contribution in [1.29, 1.82) is 5.26 Å². The number of esters is 1. The Hall–Kier alpha value is -3.59. The van der Waals surface area contributed by atoms with Crippen molar-refractivity contribution >= 4 is 16.9 Å². The number of fused-ring (bicyclic) bond motifs is 1. The van der Waals surface area contributed by atoms with Crippen molar-refractivity contribution in [1.82, 2.24) is 0 Å². The van der Waals surface area contributed by atoms with Crippen molar-refractivity contribution < 1.29 is 18.7 Å². The highest BCUT2D eigenvalue weighted by molar-refractivity contribution is 5.81. The summed E-state index contributed by atoms with van der Waals surface area (Å²) in [6, 6.07) is 14.6. The van der Waals surface area contributed by atoms with Gasteiger partial charge in [0.15, 0.2) is 6.61 Å². The van der Waals surface area contributed by atoms with Gasteiger partial charge < -0.3 is 13.9 Å². The third-order valence-electron chi connectivity index (χ3n) is 3.49. The van der Waals surface area contributed by atoms with E-state index in [1.54, 1.807) is 30.3 Å². The lowest BCUT2D eigenvalue weighted by atomic mass is 10.1. The van der Waals surface area contributed by atoms with Crippen LogP contribution in [-0.2, 0) is 4.79 Å². The first-order chi connectivity index (χ1) is 12.0. The lowest BCUT2D eigenvalue weighted by Gasteiger charge is -2.08. The molecule has 6 nitrogen and oxygen atoms in total. The molecule has 3 aromatic rings. The first-order valence-electron chi connectivity index (χ1n) is 7.43. The van der Waals surface area contributed by atoms with Gasteiger partial charge in [0.1, 0.15) is 17.1 Å². The molecule has 0 aliphatic carbocycles. The summed E-state index contributed by atoms with van der Waals surface area (Å²) in [5.74, 6) is 0.126. The molecule has 1 aromatic heterocycles. The summed E-state index contributed by atoms with van der Waals surface area (Å²) < 4.78 is 15.6. The lowest BCUT2D eigenvalue weighted by molar-refractivity contribution is -0.136. The highest BCUT2D eigenvalue weighted by Gasteiger charge is 2.08. The number of nitrogens with zero attached hydrogens (tertiary/aromatic N) is 1. The van der Waals surface area contributed by atoms with Crippen molar-refractivity contribution in [3.63, 3.8) is 0 Å². The number of carbonyl (C=O) groups is 1. The predicted octanol–water partition coefficient (Wildman–Crippen LogP) is 2.96. The Morgan fingerprint density at radius 3 is 2.56 bits per heavy atom. The van der Waals surface area contributed by atoms with Crippen molar-refractivity contribution in [2.75, 3.05) is 6.61 Å². The van der Waals surface area contributed by atoms with Gasteiger partial charge in [-0.2, -0.15) is 5.26 Å². The van der Waals surface area contributed by atoms with Gasteiger partial charge in [-0.05, 0) is 48.9 Å². The zero-order valence-electron chi connectivity index (χ0n) is 13.3. The van der Waals surface area contributed by atoms with E-state index in [0.29, 0.717) is 22.6 Å². The fourth-order valence-corrected chi connectivity index (χ4v) is 2.30. The fraction of sp³-hybridized carbons (Fsp3) is 0.105. The number of rotatable bonds is 4. The maximum Gasteiger partial charge on any atom is 0.349 e. The Morgan fingerprint density at radius 1 is 1.12 bits per heavy atom. The molecule has 6 heteroatoms. The van der Waals surface area contributed by atoms with Gasteiger partial charge in [-0.1, -0.05) is 0 Å². The second-order valence-electron chi connectivity index (χ2n) is 5.31. The highest BCUT2D eigenvalue weighted by atomic mass is 16.6. The normalized spacial score (nSPS) is 10.2. The van der Waals surface area contributed by atoms with Gasteiger partial charge in [-0.15, -0.1) is 0 Å². The van der Waals surface area contributed by atoms with Crippen LogP contribution in [0.1, 0.15) is 11.1 Å². The van der Waals surface area contributed by atoms with E-state index < -0.39 is 11.6 Å². The molecule has 0 saturated carbocycles. The molecule has 0 fully saturated rings. The number of hydrogen-bond donors (Lipinski definition) is 0. The van der Waals surface area contributed by atoms with E-state index in [9.17, 15) is 9.59 Å². The van der Waals surface area contributed by atoms with Crippen LogP contribution in [0.2, 0.25) is 0 Å². The van der Waals surface area contributed by atoms with Crippen molar-refractivity contribution in [2.45, 2.75) is 6.92 Å². The molecule has 0 spiro atoms. The second-order valence-corrected chi connectivity index (χ2v) is 5.31. The number of hydrogen-bond acceptors (Lipinski definition) is 6. The van der Waals surface area contributed by atoms with E-state index in [4.69, 9.17) is 19.2 Å². The average molecular weight is 335 g/mol. The molecule has 1 heterocycles. The SMILES string of the molecule is Cc1cc(=O)oc2cc(OCC(=O)Oc3ccc(C#N)cc3)ccc12. The standard InChI is InChI=1S/C19H13NO5/c1-12-8-18(21)25-17-9-15(6-7-16(12)17)23-11-19(22)24-14-4-2-13(10-20)3-5-14/h2-9H,11H2,1H3. The maximum atomic E-state index is 11.8. The van der Waals surface area contributed by atoms with Crippen LogP contribution >= 0.6 is 0 Å². The Bertz CT molecular complexity index is 1030. The monoisotopic (exact) mass is 335 g/mol. The van der Waals surface area contributed by atoms with Gasteiger partial charge in [-0.25, -0.2) is 9.59 Å². The lowest BCUT2D eigenvalue weighted by Crippen LogP contribution is -2.17. The number of benzene rings is 2. The van der Waals surface area contributed by atoms with Gasteiger partial charge in [-0.3, -0.25) is 0 Å². The summed E-state index contributed by atoms with van der Waals surface area (Å²) >= 11 is 0. The minimum atomic E-state index is -0.588. The molecule has 3 rings (SSSR count). The minimum absolute atomic E-state index is 0.304. The van der Waals surface area contributed by atoms with Crippen LogP contribution in [0.5, 0.6) is 11.5 Å². The zero-order valence-corrected chi connectivity index (χ0v) is 13.3. The van der Waals surface area contributed by atoms with Crippen LogP contribution in [0.25, 0.3) is 11.0 Å². The number of nitriles is 1. The van der Waals surface area contributed by atoms with E-state index >= 15 is 0 Å². The fourth-order valence-electron chi connectivity index (χ4n) is 2.30. The summed E-state index contributed by atoms with van der Waals surface area (Å²) in [7, 11) is 0. The predicted molar refractivity (Wildman–Crippen MR) is 89.5 cm³/mol. The molecular formula is C19H13NO5. The highest BCUT2D eigenvalue weighted by Crippen LogP contribution is 2.22. The molecule has 0 aliphatic heterocycles. The van der Waals surface area contributed by atoms with E-state index in [-0.39, 0.29) is 6.61 Å². The molecule has 0 unspecified atom stereocenters. The second kappa shape index (κ2) is 6.89. The van der Waals surface area contributed by atoms with Crippen LogP contribution in [-0.4, -0.2) is 12.6 Å². The molecule has 0 aliphatic rings. The Balaban J connectivity index is 1.66. The number of ether oxygens (including phenoxy) is 2. The first-order valence-corrected chi connectivity index (χ1v) is 7.43. The molecule has 0 atom stereocenters.